The Morgan fingerprint density at radius 2 is 2.31 bits per heavy atom. The first-order valence-electron chi connectivity index (χ1n) is 5.51. The molecule has 0 saturated carbocycles. The molecular formula is C10H20N6. The van der Waals surface area contributed by atoms with Crippen LogP contribution in [0.1, 0.15) is 26.6 Å². The van der Waals surface area contributed by atoms with E-state index in [1.165, 1.54) is 0 Å². The summed E-state index contributed by atoms with van der Waals surface area (Å²) in [5, 5.41) is 14.2. The number of aliphatic imine (C=N–C) groups is 1. The molecule has 0 spiro atoms. The Labute approximate surface area is 96.2 Å². The van der Waals surface area contributed by atoms with Gasteiger partial charge in [0.25, 0.3) is 0 Å². The SMILES string of the molecule is CCNC(=NCc1nncn1C)NC(C)C. The fourth-order valence-electron chi connectivity index (χ4n) is 1.19. The fraction of sp³-hybridized carbons (Fsp3) is 0.700. The van der Waals surface area contributed by atoms with Crippen LogP contribution in [0.3, 0.4) is 0 Å². The highest BCUT2D eigenvalue weighted by Gasteiger charge is 2.02. The molecule has 0 amide bonds. The molecule has 0 aliphatic heterocycles. The quantitative estimate of drug-likeness (QED) is 0.569. The molecule has 0 aliphatic rings. The van der Waals surface area contributed by atoms with Crippen molar-refractivity contribution in [1.82, 2.24) is 25.4 Å². The number of nitrogens with zero attached hydrogens (tertiary/aromatic N) is 4. The Morgan fingerprint density at radius 3 is 2.81 bits per heavy atom. The van der Waals surface area contributed by atoms with Crippen molar-refractivity contribution in [3.63, 3.8) is 0 Å². The highest BCUT2D eigenvalue weighted by atomic mass is 15.3. The van der Waals surface area contributed by atoms with Gasteiger partial charge in [-0.1, -0.05) is 0 Å². The van der Waals surface area contributed by atoms with E-state index in [4.69, 9.17) is 0 Å². The summed E-state index contributed by atoms with van der Waals surface area (Å²) in [6.45, 7) is 7.57. The average Bonchev–Trinajstić information content (AvgIpc) is 2.60. The largest absolute Gasteiger partial charge is 0.357 e. The van der Waals surface area contributed by atoms with E-state index >= 15 is 0 Å². The molecule has 1 aromatic rings. The molecule has 0 fully saturated rings. The van der Waals surface area contributed by atoms with E-state index in [9.17, 15) is 0 Å². The first kappa shape index (κ1) is 12.5. The summed E-state index contributed by atoms with van der Waals surface area (Å²) >= 11 is 0. The molecule has 6 heteroatoms. The van der Waals surface area contributed by atoms with E-state index in [2.05, 4.69) is 39.7 Å². The van der Waals surface area contributed by atoms with E-state index in [0.717, 1.165) is 18.3 Å². The lowest BCUT2D eigenvalue weighted by molar-refractivity contribution is 0.695. The molecule has 2 N–H and O–H groups in total. The van der Waals surface area contributed by atoms with Crippen LogP contribution in [0, 0.1) is 0 Å². The van der Waals surface area contributed by atoms with Crippen LogP contribution < -0.4 is 10.6 Å². The Morgan fingerprint density at radius 1 is 1.56 bits per heavy atom. The molecule has 0 atom stereocenters. The number of nitrogens with one attached hydrogen (secondary N) is 2. The summed E-state index contributed by atoms with van der Waals surface area (Å²) in [5.74, 6) is 1.65. The van der Waals surface area contributed by atoms with Gasteiger partial charge in [-0.3, -0.25) is 0 Å². The normalized spacial score (nSPS) is 11.9. The van der Waals surface area contributed by atoms with Crippen molar-refractivity contribution in [3.8, 4) is 0 Å². The lowest BCUT2D eigenvalue weighted by atomic mass is 10.4. The monoisotopic (exact) mass is 224 g/mol. The van der Waals surface area contributed by atoms with Crippen LogP contribution in [-0.4, -0.2) is 33.3 Å². The van der Waals surface area contributed by atoms with Crippen molar-refractivity contribution in [2.24, 2.45) is 12.0 Å². The zero-order valence-electron chi connectivity index (χ0n) is 10.4. The first-order chi connectivity index (χ1) is 7.63. The van der Waals surface area contributed by atoms with Gasteiger partial charge in [0, 0.05) is 19.6 Å². The molecule has 0 unspecified atom stereocenters. The van der Waals surface area contributed by atoms with Gasteiger partial charge in [0.1, 0.15) is 12.9 Å². The lowest BCUT2D eigenvalue weighted by Crippen LogP contribution is -2.41. The third kappa shape index (κ3) is 3.88. The zero-order valence-corrected chi connectivity index (χ0v) is 10.4. The summed E-state index contributed by atoms with van der Waals surface area (Å²) in [6, 6.07) is 0.359. The smallest absolute Gasteiger partial charge is 0.191 e. The molecule has 0 radical (unpaired) electrons. The van der Waals surface area contributed by atoms with Crippen molar-refractivity contribution >= 4 is 5.96 Å². The maximum Gasteiger partial charge on any atom is 0.191 e. The van der Waals surface area contributed by atoms with Crippen LogP contribution in [0.15, 0.2) is 11.3 Å². The number of aromatic nitrogens is 3. The first-order valence-corrected chi connectivity index (χ1v) is 5.51. The van der Waals surface area contributed by atoms with Gasteiger partial charge in [-0.15, -0.1) is 10.2 Å². The van der Waals surface area contributed by atoms with E-state index < -0.39 is 0 Å². The maximum absolute atomic E-state index is 4.43. The second-order valence-electron chi connectivity index (χ2n) is 3.85. The van der Waals surface area contributed by atoms with Crippen LogP contribution >= 0.6 is 0 Å². The maximum atomic E-state index is 4.43. The fourth-order valence-corrected chi connectivity index (χ4v) is 1.19. The van der Waals surface area contributed by atoms with Gasteiger partial charge in [-0.05, 0) is 20.8 Å². The number of aryl methyl sites for hydroxylation is 1. The Hall–Kier alpha value is -1.59. The summed E-state index contributed by atoms with van der Waals surface area (Å²) in [5.41, 5.74) is 0. The summed E-state index contributed by atoms with van der Waals surface area (Å²) in [6.07, 6.45) is 1.67. The average molecular weight is 224 g/mol. The topological polar surface area (TPSA) is 67.1 Å². The van der Waals surface area contributed by atoms with Crippen molar-refractivity contribution in [1.29, 1.82) is 0 Å². The minimum Gasteiger partial charge on any atom is -0.357 e. The van der Waals surface area contributed by atoms with Gasteiger partial charge >= 0.3 is 0 Å². The van der Waals surface area contributed by atoms with Crippen LogP contribution in [0.5, 0.6) is 0 Å². The van der Waals surface area contributed by atoms with E-state index in [-0.39, 0.29) is 0 Å². The number of guanidine groups is 1. The standard InChI is InChI=1S/C10H20N6/c1-5-11-10(14-8(2)3)12-6-9-15-13-7-16(9)4/h7-8H,5-6H2,1-4H3,(H2,11,12,14). The number of rotatable bonds is 4. The second kappa shape index (κ2) is 6.09. The van der Waals surface area contributed by atoms with E-state index in [1.54, 1.807) is 6.33 Å². The van der Waals surface area contributed by atoms with Crippen molar-refractivity contribution in [3.05, 3.63) is 12.2 Å². The predicted octanol–water partition coefficient (Wildman–Crippen LogP) is 0.279. The van der Waals surface area contributed by atoms with E-state index in [0.29, 0.717) is 12.6 Å². The minimum atomic E-state index is 0.359. The highest BCUT2D eigenvalue weighted by Crippen LogP contribution is 1.93. The molecule has 0 aliphatic carbocycles. The van der Waals surface area contributed by atoms with Crippen molar-refractivity contribution < 1.29 is 0 Å². The molecule has 6 nitrogen and oxygen atoms in total. The van der Waals surface area contributed by atoms with E-state index in [1.807, 2.05) is 18.5 Å². The third-order valence-electron chi connectivity index (χ3n) is 1.95. The second-order valence-corrected chi connectivity index (χ2v) is 3.85. The molecule has 0 aromatic carbocycles. The summed E-state index contributed by atoms with van der Waals surface area (Å²) in [4.78, 5) is 4.43. The van der Waals surface area contributed by atoms with Gasteiger partial charge in [0.15, 0.2) is 11.8 Å². The summed E-state index contributed by atoms with van der Waals surface area (Å²) in [7, 11) is 1.91. The minimum absolute atomic E-state index is 0.359. The molecule has 1 heterocycles. The lowest BCUT2D eigenvalue weighted by Gasteiger charge is -2.13. The molecule has 1 aromatic heterocycles. The third-order valence-corrected chi connectivity index (χ3v) is 1.95. The molecule has 90 valence electrons. The molecule has 0 bridgehead atoms. The van der Waals surface area contributed by atoms with Crippen molar-refractivity contribution in [2.75, 3.05) is 6.54 Å². The molecule has 0 saturated heterocycles. The van der Waals surface area contributed by atoms with Gasteiger partial charge in [-0.25, -0.2) is 4.99 Å². The summed E-state index contributed by atoms with van der Waals surface area (Å²) < 4.78 is 1.86. The molecule has 16 heavy (non-hydrogen) atoms. The van der Waals surface area contributed by atoms with Gasteiger partial charge in [-0.2, -0.15) is 0 Å². The highest BCUT2D eigenvalue weighted by molar-refractivity contribution is 5.79. The van der Waals surface area contributed by atoms with Crippen LogP contribution in [0.2, 0.25) is 0 Å². The zero-order chi connectivity index (χ0) is 12.0. The Kier molecular flexibility index (Phi) is 4.75. The predicted molar refractivity (Wildman–Crippen MR) is 64.1 cm³/mol. The van der Waals surface area contributed by atoms with Crippen LogP contribution in [0.4, 0.5) is 0 Å². The Balaban J connectivity index is 2.60. The number of hydrogen-bond donors (Lipinski definition) is 2. The Bertz CT molecular complexity index is 341. The van der Waals surface area contributed by atoms with Crippen LogP contribution in [0.25, 0.3) is 0 Å². The molecule has 1 rings (SSSR count). The van der Waals surface area contributed by atoms with Gasteiger partial charge in [0.2, 0.25) is 0 Å². The van der Waals surface area contributed by atoms with Crippen molar-refractivity contribution in [2.45, 2.75) is 33.4 Å². The number of hydrogen-bond acceptors (Lipinski definition) is 3. The van der Waals surface area contributed by atoms with Gasteiger partial charge in [0.05, 0.1) is 0 Å². The molecular weight excluding hydrogens is 204 g/mol. The van der Waals surface area contributed by atoms with Gasteiger partial charge < -0.3 is 15.2 Å². The van der Waals surface area contributed by atoms with Crippen LogP contribution in [-0.2, 0) is 13.6 Å².